The van der Waals surface area contributed by atoms with Gasteiger partial charge in [0, 0.05) is 0 Å². The SMILES string of the molecule is C=CC(C)Cc1ccc(OCCC)cc1CC. The monoisotopic (exact) mass is 232 g/mol. The number of hydrogen-bond donors (Lipinski definition) is 0. The summed E-state index contributed by atoms with van der Waals surface area (Å²) in [5, 5.41) is 0. The van der Waals surface area contributed by atoms with Gasteiger partial charge in [-0.15, -0.1) is 6.58 Å². The van der Waals surface area contributed by atoms with Crippen molar-refractivity contribution in [2.24, 2.45) is 5.92 Å². The van der Waals surface area contributed by atoms with Crippen LogP contribution in [-0.2, 0) is 12.8 Å². The largest absolute Gasteiger partial charge is 0.494 e. The first-order chi connectivity index (χ1) is 8.21. The molecule has 0 fully saturated rings. The second-order valence-corrected chi connectivity index (χ2v) is 4.55. The number of rotatable bonds is 7. The van der Waals surface area contributed by atoms with Gasteiger partial charge in [-0.25, -0.2) is 0 Å². The fourth-order valence-electron chi connectivity index (χ4n) is 1.87. The molecule has 1 aromatic rings. The van der Waals surface area contributed by atoms with Crippen LogP contribution in [0.3, 0.4) is 0 Å². The molecule has 1 unspecified atom stereocenters. The normalized spacial score (nSPS) is 12.2. The minimum Gasteiger partial charge on any atom is -0.494 e. The lowest BCUT2D eigenvalue weighted by Gasteiger charge is -2.13. The van der Waals surface area contributed by atoms with Crippen LogP contribution in [0.15, 0.2) is 30.9 Å². The molecule has 1 rings (SSSR count). The summed E-state index contributed by atoms with van der Waals surface area (Å²) in [4.78, 5) is 0. The van der Waals surface area contributed by atoms with Gasteiger partial charge >= 0.3 is 0 Å². The van der Waals surface area contributed by atoms with Crippen LogP contribution < -0.4 is 4.74 Å². The maximum Gasteiger partial charge on any atom is 0.119 e. The van der Waals surface area contributed by atoms with Gasteiger partial charge in [0.2, 0.25) is 0 Å². The van der Waals surface area contributed by atoms with E-state index in [4.69, 9.17) is 4.74 Å². The molecule has 0 bridgehead atoms. The third-order valence-electron chi connectivity index (χ3n) is 2.98. The van der Waals surface area contributed by atoms with E-state index in [0.717, 1.165) is 31.6 Å². The fourth-order valence-corrected chi connectivity index (χ4v) is 1.87. The Bertz CT molecular complexity index is 355. The Labute approximate surface area is 106 Å². The average molecular weight is 232 g/mol. The maximum absolute atomic E-state index is 5.66. The first-order valence-electron chi connectivity index (χ1n) is 6.58. The van der Waals surface area contributed by atoms with Crippen molar-refractivity contribution in [1.82, 2.24) is 0 Å². The summed E-state index contributed by atoms with van der Waals surface area (Å²) in [6.07, 6.45) is 5.20. The molecule has 0 spiro atoms. The molecule has 0 N–H and O–H groups in total. The molecule has 0 aliphatic rings. The van der Waals surface area contributed by atoms with Crippen LogP contribution in [0.5, 0.6) is 5.75 Å². The summed E-state index contributed by atoms with van der Waals surface area (Å²) in [7, 11) is 0. The Kier molecular flexibility index (Phi) is 5.82. The highest BCUT2D eigenvalue weighted by molar-refractivity contribution is 5.36. The molecule has 0 aliphatic carbocycles. The molecule has 0 aromatic heterocycles. The van der Waals surface area contributed by atoms with Crippen LogP contribution in [0, 0.1) is 5.92 Å². The summed E-state index contributed by atoms with van der Waals surface area (Å²) in [5.41, 5.74) is 2.82. The fraction of sp³-hybridized carbons (Fsp3) is 0.500. The van der Waals surface area contributed by atoms with Crippen molar-refractivity contribution in [2.45, 2.75) is 40.0 Å². The molecule has 1 nitrogen and oxygen atoms in total. The van der Waals surface area contributed by atoms with Crippen molar-refractivity contribution in [2.75, 3.05) is 6.61 Å². The minimum absolute atomic E-state index is 0.530. The van der Waals surface area contributed by atoms with Crippen LogP contribution in [0.2, 0.25) is 0 Å². The van der Waals surface area contributed by atoms with Crippen molar-refractivity contribution >= 4 is 0 Å². The summed E-state index contributed by atoms with van der Waals surface area (Å²) in [6, 6.07) is 6.46. The van der Waals surface area contributed by atoms with Crippen molar-refractivity contribution in [1.29, 1.82) is 0 Å². The van der Waals surface area contributed by atoms with Crippen molar-refractivity contribution in [3.05, 3.63) is 42.0 Å². The van der Waals surface area contributed by atoms with E-state index in [-0.39, 0.29) is 0 Å². The molecule has 0 saturated carbocycles. The predicted molar refractivity (Wildman–Crippen MR) is 74.7 cm³/mol. The second kappa shape index (κ2) is 7.16. The van der Waals surface area contributed by atoms with E-state index in [2.05, 4.69) is 45.5 Å². The summed E-state index contributed by atoms with van der Waals surface area (Å²) >= 11 is 0. The molecule has 0 amide bonds. The van der Waals surface area contributed by atoms with Gasteiger partial charge in [-0.1, -0.05) is 32.9 Å². The van der Waals surface area contributed by atoms with Crippen LogP contribution in [0.4, 0.5) is 0 Å². The number of aryl methyl sites for hydroxylation is 1. The van der Waals surface area contributed by atoms with Crippen LogP contribution >= 0.6 is 0 Å². The van der Waals surface area contributed by atoms with Gasteiger partial charge in [-0.2, -0.15) is 0 Å². The summed E-state index contributed by atoms with van der Waals surface area (Å²) in [6.45, 7) is 11.2. The lowest BCUT2D eigenvalue weighted by atomic mass is 9.95. The molecule has 1 aromatic carbocycles. The topological polar surface area (TPSA) is 9.23 Å². The standard InChI is InChI=1S/C16H24O/c1-5-10-17-16-9-8-15(11-13(4)6-2)14(7-3)12-16/h6,8-9,12-13H,2,5,7,10-11H2,1,3-4H3. The Morgan fingerprint density at radius 2 is 2.06 bits per heavy atom. The lowest BCUT2D eigenvalue weighted by Crippen LogP contribution is -2.01. The Balaban J connectivity index is 2.81. The van der Waals surface area contributed by atoms with Crippen LogP contribution in [0.1, 0.15) is 38.3 Å². The molecule has 1 heteroatoms. The Morgan fingerprint density at radius 1 is 1.29 bits per heavy atom. The summed E-state index contributed by atoms with van der Waals surface area (Å²) < 4.78 is 5.66. The minimum atomic E-state index is 0.530. The second-order valence-electron chi connectivity index (χ2n) is 4.55. The molecule has 94 valence electrons. The molecular formula is C16H24O. The van der Waals surface area contributed by atoms with Crippen molar-refractivity contribution in [3.8, 4) is 5.75 Å². The molecule has 0 saturated heterocycles. The predicted octanol–water partition coefficient (Wildman–Crippen LogP) is 4.40. The average Bonchev–Trinajstić information content (AvgIpc) is 2.37. The molecule has 0 radical (unpaired) electrons. The molecular weight excluding hydrogens is 208 g/mol. The first-order valence-corrected chi connectivity index (χ1v) is 6.58. The third-order valence-corrected chi connectivity index (χ3v) is 2.98. The Morgan fingerprint density at radius 3 is 2.65 bits per heavy atom. The van der Waals surface area contributed by atoms with Gasteiger partial charge in [0.15, 0.2) is 0 Å². The van der Waals surface area contributed by atoms with Gasteiger partial charge < -0.3 is 4.74 Å². The quantitative estimate of drug-likeness (QED) is 0.633. The van der Waals surface area contributed by atoms with Gasteiger partial charge in [0.25, 0.3) is 0 Å². The zero-order valence-corrected chi connectivity index (χ0v) is 11.3. The first kappa shape index (κ1) is 13.8. The van der Waals surface area contributed by atoms with Gasteiger partial charge in [-0.3, -0.25) is 0 Å². The smallest absolute Gasteiger partial charge is 0.119 e. The highest BCUT2D eigenvalue weighted by Gasteiger charge is 2.06. The molecule has 0 heterocycles. The number of allylic oxidation sites excluding steroid dienone is 1. The van der Waals surface area contributed by atoms with E-state index in [1.807, 2.05) is 6.08 Å². The van der Waals surface area contributed by atoms with Gasteiger partial charge in [0.1, 0.15) is 5.75 Å². The zero-order valence-electron chi connectivity index (χ0n) is 11.3. The van der Waals surface area contributed by atoms with Gasteiger partial charge in [0.05, 0.1) is 6.61 Å². The maximum atomic E-state index is 5.66. The van der Waals surface area contributed by atoms with E-state index in [0.29, 0.717) is 5.92 Å². The van der Waals surface area contributed by atoms with Crippen LogP contribution in [0.25, 0.3) is 0 Å². The number of hydrogen-bond acceptors (Lipinski definition) is 1. The molecule has 0 aliphatic heterocycles. The van der Waals surface area contributed by atoms with E-state index in [1.54, 1.807) is 0 Å². The van der Waals surface area contributed by atoms with E-state index < -0.39 is 0 Å². The number of benzene rings is 1. The zero-order chi connectivity index (χ0) is 12.7. The van der Waals surface area contributed by atoms with Crippen molar-refractivity contribution in [3.63, 3.8) is 0 Å². The highest BCUT2D eigenvalue weighted by Crippen LogP contribution is 2.21. The highest BCUT2D eigenvalue weighted by atomic mass is 16.5. The van der Waals surface area contributed by atoms with Gasteiger partial charge in [-0.05, 0) is 48.4 Å². The van der Waals surface area contributed by atoms with E-state index >= 15 is 0 Å². The van der Waals surface area contributed by atoms with E-state index in [9.17, 15) is 0 Å². The number of ether oxygens (including phenoxy) is 1. The van der Waals surface area contributed by atoms with Crippen LogP contribution in [-0.4, -0.2) is 6.61 Å². The Hall–Kier alpha value is -1.24. The van der Waals surface area contributed by atoms with E-state index in [1.165, 1.54) is 11.1 Å². The third kappa shape index (κ3) is 4.26. The summed E-state index contributed by atoms with van der Waals surface area (Å²) in [5.74, 6) is 1.53. The lowest BCUT2D eigenvalue weighted by molar-refractivity contribution is 0.317. The molecule has 1 atom stereocenters. The molecule has 17 heavy (non-hydrogen) atoms. The van der Waals surface area contributed by atoms with Crippen molar-refractivity contribution < 1.29 is 4.74 Å².